The molecule has 0 amide bonds. The molecule has 0 radical (unpaired) electrons. The second-order valence-electron chi connectivity index (χ2n) is 6.22. The Bertz CT molecular complexity index is 1280. The Hall–Kier alpha value is -3.29. The van der Waals surface area contributed by atoms with E-state index in [0.29, 0.717) is 27.7 Å². The molecule has 0 unspecified atom stereocenters. The number of furan rings is 1. The number of halogens is 1. The lowest BCUT2D eigenvalue weighted by atomic mass is 10.1. The van der Waals surface area contributed by atoms with Crippen LogP contribution in [0.4, 0.5) is 5.69 Å². The third kappa shape index (κ3) is 4.32. The van der Waals surface area contributed by atoms with Crippen LogP contribution in [0.3, 0.4) is 0 Å². The standard InChI is InChI=1S/C22H12IN3O3S/c23-17-5-1-14(2-6-17)20-13-30-22(25-20)16(12-24)11-19-9-10-21(29-19)15-3-7-18(8-4-15)26(27)28/h1-11,13H. The Balaban J connectivity index is 1.59. The Morgan fingerprint density at radius 2 is 1.80 bits per heavy atom. The Morgan fingerprint density at radius 3 is 2.47 bits per heavy atom. The molecule has 0 spiro atoms. The molecule has 0 saturated heterocycles. The molecule has 2 aromatic carbocycles. The highest BCUT2D eigenvalue weighted by Gasteiger charge is 2.12. The topological polar surface area (TPSA) is 93.0 Å². The minimum atomic E-state index is -0.447. The highest BCUT2D eigenvalue weighted by Crippen LogP contribution is 2.29. The van der Waals surface area contributed by atoms with E-state index in [0.717, 1.165) is 14.8 Å². The predicted molar refractivity (Wildman–Crippen MR) is 125 cm³/mol. The normalized spacial score (nSPS) is 11.3. The van der Waals surface area contributed by atoms with E-state index >= 15 is 0 Å². The number of thiazole rings is 1. The first-order chi connectivity index (χ1) is 14.5. The molecule has 0 aliphatic carbocycles. The van der Waals surface area contributed by atoms with Crippen molar-refractivity contribution in [1.29, 1.82) is 5.26 Å². The second-order valence-corrected chi connectivity index (χ2v) is 8.32. The van der Waals surface area contributed by atoms with Crippen LogP contribution in [0.25, 0.3) is 34.2 Å². The van der Waals surface area contributed by atoms with Crippen molar-refractivity contribution in [1.82, 2.24) is 4.98 Å². The summed E-state index contributed by atoms with van der Waals surface area (Å²) in [6, 6.07) is 19.8. The van der Waals surface area contributed by atoms with E-state index < -0.39 is 4.92 Å². The van der Waals surface area contributed by atoms with E-state index in [-0.39, 0.29) is 5.69 Å². The minimum Gasteiger partial charge on any atom is -0.457 e. The van der Waals surface area contributed by atoms with Gasteiger partial charge in [0.25, 0.3) is 5.69 Å². The van der Waals surface area contributed by atoms with Crippen LogP contribution in [0.1, 0.15) is 10.8 Å². The Kier molecular flexibility index (Phi) is 5.74. The summed E-state index contributed by atoms with van der Waals surface area (Å²) in [7, 11) is 0. The van der Waals surface area contributed by atoms with Crippen molar-refractivity contribution in [3.8, 4) is 28.7 Å². The zero-order valence-corrected chi connectivity index (χ0v) is 18.3. The van der Waals surface area contributed by atoms with Crippen molar-refractivity contribution in [2.75, 3.05) is 0 Å². The maximum Gasteiger partial charge on any atom is 0.269 e. The molecule has 0 aliphatic rings. The number of allylic oxidation sites excluding steroid dienone is 1. The van der Waals surface area contributed by atoms with Gasteiger partial charge in [0.15, 0.2) is 0 Å². The second kappa shape index (κ2) is 8.61. The number of hydrogen-bond donors (Lipinski definition) is 0. The fourth-order valence-electron chi connectivity index (χ4n) is 2.77. The summed E-state index contributed by atoms with van der Waals surface area (Å²) in [5.41, 5.74) is 2.95. The van der Waals surface area contributed by atoms with Gasteiger partial charge in [-0.1, -0.05) is 12.1 Å². The fraction of sp³-hybridized carbons (Fsp3) is 0. The molecule has 4 rings (SSSR count). The number of nitro groups is 1. The van der Waals surface area contributed by atoms with E-state index in [1.54, 1.807) is 30.3 Å². The highest BCUT2D eigenvalue weighted by molar-refractivity contribution is 14.1. The molecule has 2 heterocycles. The molecule has 0 aliphatic heterocycles. The maximum atomic E-state index is 10.8. The van der Waals surface area contributed by atoms with Gasteiger partial charge in [-0.3, -0.25) is 10.1 Å². The zero-order valence-electron chi connectivity index (χ0n) is 15.3. The number of nitriles is 1. The van der Waals surface area contributed by atoms with Crippen LogP contribution in [-0.4, -0.2) is 9.91 Å². The van der Waals surface area contributed by atoms with Gasteiger partial charge in [-0.2, -0.15) is 5.26 Å². The summed E-state index contributed by atoms with van der Waals surface area (Å²) in [6.45, 7) is 0. The van der Waals surface area contributed by atoms with Gasteiger partial charge in [-0.15, -0.1) is 11.3 Å². The van der Waals surface area contributed by atoms with Gasteiger partial charge >= 0.3 is 0 Å². The molecular weight excluding hydrogens is 513 g/mol. The van der Waals surface area contributed by atoms with Crippen LogP contribution in [-0.2, 0) is 0 Å². The number of rotatable bonds is 5. The number of hydrogen-bond acceptors (Lipinski definition) is 6. The first-order valence-electron chi connectivity index (χ1n) is 8.72. The van der Waals surface area contributed by atoms with Crippen molar-refractivity contribution < 1.29 is 9.34 Å². The Labute approximate surface area is 189 Å². The first-order valence-corrected chi connectivity index (χ1v) is 10.7. The van der Waals surface area contributed by atoms with Gasteiger partial charge < -0.3 is 4.42 Å². The fourth-order valence-corrected chi connectivity index (χ4v) is 3.92. The maximum absolute atomic E-state index is 10.8. The van der Waals surface area contributed by atoms with E-state index in [9.17, 15) is 15.4 Å². The molecule has 2 aromatic heterocycles. The third-order valence-corrected chi connectivity index (χ3v) is 5.87. The summed E-state index contributed by atoms with van der Waals surface area (Å²) in [5, 5.41) is 22.9. The first kappa shape index (κ1) is 20.0. The number of benzene rings is 2. The van der Waals surface area contributed by atoms with Crippen LogP contribution >= 0.6 is 33.9 Å². The van der Waals surface area contributed by atoms with Crippen molar-refractivity contribution in [2.24, 2.45) is 0 Å². The third-order valence-electron chi connectivity index (χ3n) is 4.27. The van der Waals surface area contributed by atoms with Crippen LogP contribution in [0.2, 0.25) is 0 Å². The quantitative estimate of drug-likeness (QED) is 0.126. The van der Waals surface area contributed by atoms with E-state index in [2.05, 4.69) is 33.6 Å². The van der Waals surface area contributed by atoms with Gasteiger partial charge in [-0.25, -0.2) is 4.98 Å². The minimum absolute atomic E-state index is 0.0184. The SMILES string of the molecule is N#CC(=Cc1ccc(-c2ccc([N+](=O)[O-])cc2)o1)c1nc(-c2ccc(I)cc2)cs1. The Morgan fingerprint density at radius 1 is 1.10 bits per heavy atom. The number of non-ortho nitro benzene ring substituents is 1. The lowest BCUT2D eigenvalue weighted by Gasteiger charge is -1.97. The number of nitro benzene ring substituents is 1. The molecule has 4 aromatic rings. The molecule has 30 heavy (non-hydrogen) atoms. The molecule has 0 atom stereocenters. The van der Waals surface area contributed by atoms with E-state index in [1.165, 1.54) is 23.5 Å². The lowest BCUT2D eigenvalue weighted by Crippen LogP contribution is -1.86. The van der Waals surface area contributed by atoms with Crippen LogP contribution in [0.15, 0.2) is 70.5 Å². The summed E-state index contributed by atoms with van der Waals surface area (Å²) in [5.74, 6) is 1.07. The van der Waals surface area contributed by atoms with Crippen LogP contribution in [0.5, 0.6) is 0 Å². The van der Waals surface area contributed by atoms with Gasteiger partial charge in [0.05, 0.1) is 16.2 Å². The molecule has 8 heteroatoms. The number of nitrogens with zero attached hydrogens (tertiary/aromatic N) is 3. The monoisotopic (exact) mass is 525 g/mol. The molecule has 0 N–H and O–H groups in total. The lowest BCUT2D eigenvalue weighted by molar-refractivity contribution is -0.384. The molecule has 0 bridgehead atoms. The van der Waals surface area contributed by atoms with Crippen molar-refractivity contribution in [3.63, 3.8) is 0 Å². The summed E-state index contributed by atoms with van der Waals surface area (Å²) in [6.07, 6.45) is 1.64. The average molecular weight is 525 g/mol. The van der Waals surface area contributed by atoms with Crippen molar-refractivity contribution in [2.45, 2.75) is 0 Å². The largest absolute Gasteiger partial charge is 0.457 e. The zero-order chi connectivity index (χ0) is 21.1. The molecule has 6 nitrogen and oxygen atoms in total. The average Bonchev–Trinajstić information content (AvgIpc) is 3.42. The van der Waals surface area contributed by atoms with E-state index in [1.807, 2.05) is 29.6 Å². The van der Waals surface area contributed by atoms with Crippen molar-refractivity contribution >= 4 is 51.3 Å². The van der Waals surface area contributed by atoms with Crippen molar-refractivity contribution in [3.05, 3.63) is 90.5 Å². The molecule has 0 saturated carbocycles. The molecular formula is C22H12IN3O3S. The van der Waals surface area contributed by atoms with Gasteiger partial charge in [0.1, 0.15) is 22.6 Å². The summed E-state index contributed by atoms with van der Waals surface area (Å²) < 4.78 is 6.95. The highest BCUT2D eigenvalue weighted by atomic mass is 127. The van der Waals surface area contributed by atoms with Gasteiger partial charge in [0, 0.05) is 38.3 Å². The molecule has 0 fully saturated rings. The van der Waals surface area contributed by atoms with Gasteiger partial charge in [-0.05, 0) is 59.0 Å². The predicted octanol–water partition coefficient (Wildman–Crippen LogP) is 6.65. The van der Waals surface area contributed by atoms with Gasteiger partial charge in [0.2, 0.25) is 0 Å². The van der Waals surface area contributed by atoms with E-state index in [4.69, 9.17) is 4.42 Å². The summed E-state index contributed by atoms with van der Waals surface area (Å²) in [4.78, 5) is 14.9. The van der Waals surface area contributed by atoms with Crippen LogP contribution in [0, 0.1) is 25.0 Å². The smallest absolute Gasteiger partial charge is 0.269 e. The number of aromatic nitrogens is 1. The van der Waals surface area contributed by atoms with Crippen LogP contribution < -0.4 is 0 Å². The summed E-state index contributed by atoms with van der Waals surface area (Å²) >= 11 is 3.65. The molecule has 146 valence electrons.